The lowest BCUT2D eigenvalue weighted by Crippen LogP contribution is -2.50. The number of ketones is 1. The van der Waals surface area contributed by atoms with E-state index in [1.54, 1.807) is 7.11 Å². The van der Waals surface area contributed by atoms with Gasteiger partial charge in [-0.05, 0) is 70.8 Å². The van der Waals surface area contributed by atoms with Crippen LogP contribution >= 0.6 is 0 Å². The number of Topliss-reactive ketones (excluding diaryl/α,β-unsaturated/α-hetero) is 1. The van der Waals surface area contributed by atoms with Gasteiger partial charge in [-0.3, -0.25) is 9.69 Å². The summed E-state index contributed by atoms with van der Waals surface area (Å²) in [4.78, 5) is 15.4. The van der Waals surface area contributed by atoms with Gasteiger partial charge in [0, 0.05) is 16.5 Å². The average Bonchev–Trinajstić information content (AvgIpc) is 2.71. The lowest BCUT2D eigenvalue weighted by Gasteiger charge is -2.44. The monoisotopic (exact) mass is 287 g/mol. The standard InChI is InChI=1S/C18H25NO2/c1-17(2,3)19-9-7-18(8-10-19)12-13-5-6-14(21-4)11-15(13)16(18)20/h5-6,11H,7-10,12H2,1-4H3. The molecule has 21 heavy (non-hydrogen) atoms. The largest absolute Gasteiger partial charge is 0.497 e. The van der Waals surface area contributed by atoms with Crippen LogP contribution in [0.5, 0.6) is 5.75 Å². The summed E-state index contributed by atoms with van der Waals surface area (Å²) in [6.45, 7) is 8.78. The Morgan fingerprint density at radius 3 is 2.43 bits per heavy atom. The number of carbonyl (C=O) groups is 1. The maximum atomic E-state index is 12.9. The first-order valence-corrected chi connectivity index (χ1v) is 7.82. The number of piperidine rings is 1. The zero-order valence-electron chi connectivity index (χ0n) is 13.5. The smallest absolute Gasteiger partial charge is 0.169 e. The third-order valence-corrected chi connectivity index (χ3v) is 5.24. The minimum Gasteiger partial charge on any atom is -0.497 e. The highest BCUT2D eigenvalue weighted by molar-refractivity contribution is 6.05. The van der Waals surface area contributed by atoms with Crippen molar-refractivity contribution in [1.82, 2.24) is 4.90 Å². The maximum Gasteiger partial charge on any atom is 0.169 e. The molecule has 0 atom stereocenters. The molecule has 1 aliphatic heterocycles. The van der Waals surface area contributed by atoms with Crippen LogP contribution in [0.3, 0.4) is 0 Å². The van der Waals surface area contributed by atoms with E-state index in [0.717, 1.165) is 43.7 Å². The molecule has 1 aliphatic carbocycles. The summed E-state index contributed by atoms with van der Waals surface area (Å²) in [6, 6.07) is 5.95. The summed E-state index contributed by atoms with van der Waals surface area (Å²) >= 11 is 0. The van der Waals surface area contributed by atoms with Crippen LogP contribution in [0.1, 0.15) is 49.5 Å². The number of likely N-dealkylation sites (tertiary alicyclic amines) is 1. The predicted octanol–water partition coefficient (Wildman–Crippen LogP) is 3.31. The highest BCUT2D eigenvalue weighted by Crippen LogP contribution is 2.46. The summed E-state index contributed by atoms with van der Waals surface area (Å²) in [5.41, 5.74) is 2.12. The Hall–Kier alpha value is -1.35. The van der Waals surface area contributed by atoms with Gasteiger partial charge in [0.05, 0.1) is 7.11 Å². The van der Waals surface area contributed by atoms with Crippen LogP contribution in [-0.2, 0) is 6.42 Å². The Bertz CT molecular complexity index is 563. The van der Waals surface area contributed by atoms with E-state index in [4.69, 9.17) is 4.74 Å². The Kier molecular flexibility index (Phi) is 3.36. The SMILES string of the molecule is COc1ccc2c(c1)C(=O)C1(CCN(C(C)(C)C)CC1)C2. The van der Waals surface area contributed by atoms with Crippen molar-refractivity contribution in [2.45, 2.75) is 45.6 Å². The van der Waals surface area contributed by atoms with Crippen molar-refractivity contribution < 1.29 is 9.53 Å². The van der Waals surface area contributed by atoms with E-state index < -0.39 is 0 Å². The highest BCUT2D eigenvalue weighted by atomic mass is 16.5. The second-order valence-corrected chi connectivity index (χ2v) is 7.47. The summed E-state index contributed by atoms with van der Waals surface area (Å²) in [7, 11) is 1.65. The lowest BCUT2D eigenvalue weighted by atomic mass is 9.74. The number of ether oxygens (including phenoxy) is 1. The zero-order valence-corrected chi connectivity index (χ0v) is 13.5. The molecule has 0 radical (unpaired) electrons. The quantitative estimate of drug-likeness (QED) is 0.793. The molecule has 0 unspecified atom stereocenters. The van der Waals surface area contributed by atoms with Crippen molar-refractivity contribution in [3.8, 4) is 5.75 Å². The van der Waals surface area contributed by atoms with Gasteiger partial charge in [-0.25, -0.2) is 0 Å². The van der Waals surface area contributed by atoms with Crippen molar-refractivity contribution >= 4 is 5.78 Å². The minimum absolute atomic E-state index is 0.156. The van der Waals surface area contributed by atoms with Gasteiger partial charge < -0.3 is 4.74 Å². The first-order chi connectivity index (χ1) is 9.86. The topological polar surface area (TPSA) is 29.5 Å². The van der Waals surface area contributed by atoms with E-state index >= 15 is 0 Å². The van der Waals surface area contributed by atoms with E-state index in [-0.39, 0.29) is 11.0 Å². The molecule has 3 heteroatoms. The Labute approximate surface area is 127 Å². The Morgan fingerprint density at radius 1 is 1.19 bits per heavy atom. The summed E-state index contributed by atoms with van der Waals surface area (Å²) < 4.78 is 5.26. The van der Waals surface area contributed by atoms with Gasteiger partial charge in [-0.2, -0.15) is 0 Å². The molecule has 1 fully saturated rings. The van der Waals surface area contributed by atoms with Crippen molar-refractivity contribution in [3.05, 3.63) is 29.3 Å². The van der Waals surface area contributed by atoms with E-state index in [2.05, 4.69) is 31.7 Å². The molecule has 0 saturated carbocycles. The van der Waals surface area contributed by atoms with Crippen molar-refractivity contribution in [2.75, 3.05) is 20.2 Å². The molecule has 0 aromatic heterocycles. The third-order valence-electron chi connectivity index (χ3n) is 5.24. The van der Waals surface area contributed by atoms with E-state index in [1.807, 2.05) is 12.1 Å². The molecule has 114 valence electrons. The molecule has 1 aromatic carbocycles. The number of hydrogen-bond acceptors (Lipinski definition) is 3. The van der Waals surface area contributed by atoms with Gasteiger partial charge in [0.25, 0.3) is 0 Å². The molecular formula is C18H25NO2. The first-order valence-electron chi connectivity index (χ1n) is 7.82. The van der Waals surface area contributed by atoms with Crippen molar-refractivity contribution in [3.63, 3.8) is 0 Å². The molecule has 1 aromatic rings. The van der Waals surface area contributed by atoms with Gasteiger partial charge in [-0.1, -0.05) is 6.07 Å². The molecule has 0 N–H and O–H groups in total. The average molecular weight is 287 g/mol. The fourth-order valence-corrected chi connectivity index (χ4v) is 3.79. The molecule has 3 rings (SSSR count). The number of benzene rings is 1. The van der Waals surface area contributed by atoms with Crippen LogP contribution < -0.4 is 4.74 Å². The normalized spacial score (nSPS) is 21.6. The third kappa shape index (κ3) is 2.38. The molecule has 3 nitrogen and oxygen atoms in total. The molecule has 0 bridgehead atoms. The summed E-state index contributed by atoms with van der Waals surface area (Å²) in [6.07, 6.45) is 2.85. The highest BCUT2D eigenvalue weighted by Gasteiger charge is 2.48. The van der Waals surface area contributed by atoms with Gasteiger partial charge in [0.1, 0.15) is 5.75 Å². The van der Waals surface area contributed by atoms with Crippen LogP contribution in [0, 0.1) is 5.41 Å². The van der Waals surface area contributed by atoms with Gasteiger partial charge in [-0.15, -0.1) is 0 Å². The number of nitrogens with zero attached hydrogens (tertiary/aromatic N) is 1. The summed E-state index contributed by atoms with van der Waals surface area (Å²) in [5.74, 6) is 1.12. The van der Waals surface area contributed by atoms with Crippen molar-refractivity contribution in [1.29, 1.82) is 0 Å². The fraction of sp³-hybridized carbons (Fsp3) is 0.611. The van der Waals surface area contributed by atoms with Gasteiger partial charge in [0.2, 0.25) is 0 Å². The van der Waals surface area contributed by atoms with Gasteiger partial charge in [0.15, 0.2) is 5.78 Å². The molecule has 0 amide bonds. The van der Waals surface area contributed by atoms with E-state index in [0.29, 0.717) is 5.78 Å². The van der Waals surface area contributed by atoms with E-state index in [1.165, 1.54) is 5.56 Å². The fourth-order valence-electron chi connectivity index (χ4n) is 3.79. The summed E-state index contributed by atoms with van der Waals surface area (Å²) in [5, 5.41) is 0. The molecule has 1 saturated heterocycles. The molecule has 2 aliphatic rings. The number of hydrogen-bond donors (Lipinski definition) is 0. The van der Waals surface area contributed by atoms with Crippen molar-refractivity contribution in [2.24, 2.45) is 5.41 Å². The molecular weight excluding hydrogens is 262 g/mol. The van der Waals surface area contributed by atoms with Crippen LogP contribution in [0.15, 0.2) is 18.2 Å². The number of fused-ring (bicyclic) bond motifs is 1. The first kappa shape index (κ1) is 14.6. The lowest BCUT2D eigenvalue weighted by molar-refractivity contribution is 0.0394. The molecule has 1 spiro atoms. The number of methoxy groups -OCH3 is 1. The van der Waals surface area contributed by atoms with Gasteiger partial charge >= 0.3 is 0 Å². The number of rotatable bonds is 1. The molecule has 1 heterocycles. The van der Waals surface area contributed by atoms with Crippen LogP contribution in [-0.4, -0.2) is 36.4 Å². The Balaban J connectivity index is 1.82. The van der Waals surface area contributed by atoms with Crippen LogP contribution in [0.4, 0.5) is 0 Å². The van der Waals surface area contributed by atoms with Crippen LogP contribution in [0.2, 0.25) is 0 Å². The van der Waals surface area contributed by atoms with E-state index in [9.17, 15) is 4.79 Å². The minimum atomic E-state index is -0.156. The predicted molar refractivity (Wildman–Crippen MR) is 84.0 cm³/mol. The Morgan fingerprint density at radius 2 is 1.86 bits per heavy atom. The second-order valence-electron chi connectivity index (χ2n) is 7.47. The van der Waals surface area contributed by atoms with Crippen LogP contribution in [0.25, 0.3) is 0 Å². The number of carbonyl (C=O) groups excluding carboxylic acids is 1. The maximum absolute atomic E-state index is 12.9. The zero-order chi connectivity index (χ0) is 15.3. The second kappa shape index (κ2) is 4.84.